The summed E-state index contributed by atoms with van der Waals surface area (Å²) in [5.41, 5.74) is 1.01. The van der Waals surface area contributed by atoms with Crippen LogP contribution < -0.4 is 5.32 Å². The molecule has 19 heavy (non-hydrogen) atoms. The normalized spacial score (nSPS) is 26.3. The number of carboxylic acids is 1. The second-order valence-electron chi connectivity index (χ2n) is 5.46. The van der Waals surface area contributed by atoms with Gasteiger partial charge in [-0.3, -0.25) is 9.59 Å². The van der Waals surface area contributed by atoms with Crippen LogP contribution in [0.4, 0.5) is 0 Å². The van der Waals surface area contributed by atoms with E-state index in [2.05, 4.69) is 5.32 Å². The van der Waals surface area contributed by atoms with Crippen LogP contribution in [0.2, 0.25) is 0 Å². The van der Waals surface area contributed by atoms with Crippen molar-refractivity contribution in [2.75, 3.05) is 0 Å². The van der Waals surface area contributed by atoms with Gasteiger partial charge in [-0.15, -0.1) is 0 Å². The fourth-order valence-corrected chi connectivity index (χ4v) is 2.84. The number of carbonyl (C=O) groups is 2. The molecule has 2 rings (SSSR count). The van der Waals surface area contributed by atoms with Crippen molar-refractivity contribution in [2.24, 2.45) is 24.8 Å². The zero-order chi connectivity index (χ0) is 14.0. The lowest BCUT2D eigenvalue weighted by atomic mass is 9.95. The summed E-state index contributed by atoms with van der Waals surface area (Å²) in [5.74, 6) is -1.63. The summed E-state index contributed by atoms with van der Waals surface area (Å²) in [5, 5.41) is 12.0. The first kappa shape index (κ1) is 13.6. The number of hydrogen-bond acceptors (Lipinski definition) is 2. The summed E-state index contributed by atoms with van der Waals surface area (Å²) in [6.07, 6.45) is 3.17. The van der Waals surface area contributed by atoms with Gasteiger partial charge in [0.25, 0.3) is 0 Å². The van der Waals surface area contributed by atoms with Gasteiger partial charge in [0.2, 0.25) is 5.91 Å². The second-order valence-corrected chi connectivity index (χ2v) is 5.46. The molecule has 1 unspecified atom stereocenters. The number of carboxylic acid groups (broad SMARTS) is 1. The van der Waals surface area contributed by atoms with E-state index in [1.807, 2.05) is 36.9 Å². The highest BCUT2D eigenvalue weighted by molar-refractivity contribution is 5.85. The minimum atomic E-state index is -0.858. The van der Waals surface area contributed by atoms with E-state index in [-0.39, 0.29) is 5.91 Å². The van der Waals surface area contributed by atoms with E-state index in [4.69, 9.17) is 5.11 Å². The Morgan fingerprint density at radius 2 is 2.11 bits per heavy atom. The van der Waals surface area contributed by atoms with Crippen LogP contribution in [-0.2, 0) is 23.2 Å². The SMILES string of the molecule is CC1C[C@H](C(=O)NCc2cccn2C)[C@H](C(=O)O)C1. The molecule has 1 aromatic heterocycles. The van der Waals surface area contributed by atoms with E-state index in [0.29, 0.717) is 25.3 Å². The number of nitrogens with zero attached hydrogens (tertiary/aromatic N) is 1. The third-order valence-electron chi connectivity index (χ3n) is 3.95. The number of hydrogen-bond donors (Lipinski definition) is 2. The van der Waals surface area contributed by atoms with E-state index in [1.165, 1.54) is 0 Å². The second kappa shape index (κ2) is 5.47. The lowest BCUT2D eigenvalue weighted by molar-refractivity contribution is -0.146. The summed E-state index contributed by atoms with van der Waals surface area (Å²) < 4.78 is 1.94. The van der Waals surface area contributed by atoms with E-state index >= 15 is 0 Å². The summed E-state index contributed by atoms with van der Waals surface area (Å²) in [6.45, 7) is 2.44. The Balaban J connectivity index is 1.96. The van der Waals surface area contributed by atoms with E-state index < -0.39 is 17.8 Å². The topological polar surface area (TPSA) is 71.3 Å². The predicted octanol–water partition coefficient (Wildman–Crippen LogP) is 1.39. The summed E-state index contributed by atoms with van der Waals surface area (Å²) in [7, 11) is 1.92. The molecule has 5 nitrogen and oxygen atoms in total. The van der Waals surface area contributed by atoms with Gasteiger partial charge < -0.3 is 15.0 Å². The number of aromatic nitrogens is 1. The highest BCUT2D eigenvalue weighted by atomic mass is 16.4. The maximum atomic E-state index is 12.1. The molecule has 104 valence electrons. The Bertz CT molecular complexity index is 481. The van der Waals surface area contributed by atoms with Crippen LogP contribution in [-0.4, -0.2) is 21.6 Å². The smallest absolute Gasteiger partial charge is 0.307 e. The number of nitrogens with one attached hydrogen (secondary N) is 1. The Hall–Kier alpha value is -1.78. The van der Waals surface area contributed by atoms with Gasteiger partial charge in [0, 0.05) is 18.9 Å². The Morgan fingerprint density at radius 3 is 2.68 bits per heavy atom. The number of aryl methyl sites for hydroxylation is 1. The standard InChI is InChI=1S/C14H20N2O3/c1-9-6-11(12(7-9)14(18)19)13(17)15-8-10-4-3-5-16(10)2/h3-5,9,11-12H,6-8H2,1-2H3,(H,15,17)(H,18,19)/t9?,11-,12+/m0/s1. The molecule has 0 saturated heterocycles. The maximum absolute atomic E-state index is 12.1. The molecule has 5 heteroatoms. The zero-order valence-corrected chi connectivity index (χ0v) is 11.3. The third kappa shape index (κ3) is 2.97. The molecule has 1 aliphatic carbocycles. The quantitative estimate of drug-likeness (QED) is 0.863. The molecule has 1 aromatic rings. The highest BCUT2D eigenvalue weighted by Crippen LogP contribution is 2.36. The van der Waals surface area contributed by atoms with E-state index in [1.54, 1.807) is 0 Å². The molecule has 0 aromatic carbocycles. The van der Waals surface area contributed by atoms with Crippen LogP contribution in [0.25, 0.3) is 0 Å². The number of carbonyl (C=O) groups excluding carboxylic acids is 1. The summed E-state index contributed by atoms with van der Waals surface area (Å²) in [4.78, 5) is 23.3. The molecule has 1 saturated carbocycles. The Kier molecular flexibility index (Phi) is 3.93. The molecule has 0 bridgehead atoms. The summed E-state index contributed by atoms with van der Waals surface area (Å²) >= 11 is 0. The van der Waals surface area contributed by atoms with Crippen LogP contribution in [0.15, 0.2) is 18.3 Å². The molecular weight excluding hydrogens is 244 g/mol. The van der Waals surface area contributed by atoms with Crippen LogP contribution in [0.3, 0.4) is 0 Å². The van der Waals surface area contributed by atoms with Crippen molar-refractivity contribution in [3.8, 4) is 0 Å². The van der Waals surface area contributed by atoms with Gasteiger partial charge in [-0.1, -0.05) is 6.92 Å². The van der Waals surface area contributed by atoms with Gasteiger partial charge in [0.15, 0.2) is 0 Å². The first-order chi connectivity index (χ1) is 8.99. The number of aliphatic carboxylic acids is 1. The van der Waals surface area contributed by atoms with Gasteiger partial charge in [0.05, 0.1) is 18.4 Å². The minimum Gasteiger partial charge on any atom is -0.481 e. The van der Waals surface area contributed by atoms with Crippen LogP contribution in [0.5, 0.6) is 0 Å². The van der Waals surface area contributed by atoms with Gasteiger partial charge >= 0.3 is 5.97 Å². The minimum absolute atomic E-state index is 0.141. The van der Waals surface area contributed by atoms with Crippen molar-refractivity contribution in [3.05, 3.63) is 24.0 Å². The highest BCUT2D eigenvalue weighted by Gasteiger charge is 2.40. The average Bonchev–Trinajstić information content (AvgIpc) is 2.92. The molecule has 2 N–H and O–H groups in total. The van der Waals surface area contributed by atoms with Crippen LogP contribution in [0, 0.1) is 17.8 Å². The Morgan fingerprint density at radius 1 is 1.42 bits per heavy atom. The molecule has 0 spiro atoms. The van der Waals surface area contributed by atoms with Gasteiger partial charge in [-0.2, -0.15) is 0 Å². The first-order valence-electron chi connectivity index (χ1n) is 6.59. The molecule has 0 radical (unpaired) electrons. The molecule has 3 atom stereocenters. The summed E-state index contributed by atoms with van der Waals surface area (Å²) in [6, 6.07) is 3.85. The number of amides is 1. The molecule has 0 aliphatic heterocycles. The molecule has 1 aliphatic rings. The fourth-order valence-electron chi connectivity index (χ4n) is 2.84. The maximum Gasteiger partial charge on any atom is 0.307 e. The lowest BCUT2D eigenvalue weighted by Gasteiger charge is -2.15. The monoisotopic (exact) mass is 264 g/mol. The van der Waals surface area contributed by atoms with Crippen LogP contribution >= 0.6 is 0 Å². The fraction of sp³-hybridized carbons (Fsp3) is 0.571. The Labute approximate surface area is 112 Å². The molecule has 1 amide bonds. The van der Waals surface area contributed by atoms with Crippen molar-refractivity contribution < 1.29 is 14.7 Å². The van der Waals surface area contributed by atoms with E-state index in [9.17, 15) is 9.59 Å². The van der Waals surface area contributed by atoms with Crippen molar-refractivity contribution in [3.63, 3.8) is 0 Å². The number of rotatable bonds is 4. The van der Waals surface area contributed by atoms with Gasteiger partial charge in [-0.05, 0) is 30.9 Å². The van der Waals surface area contributed by atoms with Crippen molar-refractivity contribution in [1.82, 2.24) is 9.88 Å². The van der Waals surface area contributed by atoms with Crippen LogP contribution in [0.1, 0.15) is 25.5 Å². The predicted molar refractivity (Wildman–Crippen MR) is 70.3 cm³/mol. The largest absolute Gasteiger partial charge is 0.481 e. The van der Waals surface area contributed by atoms with E-state index in [0.717, 1.165) is 5.69 Å². The average molecular weight is 264 g/mol. The lowest BCUT2D eigenvalue weighted by Crippen LogP contribution is -2.35. The van der Waals surface area contributed by atoms with Crippen molar-refractivity contribution in [2.45, 2.75) is 26.3 Å². The zero-order valence-electron chi connectivity index (χ0n) is 11.3. The molecule has 1 heterocycles. The third-order valence-corrected chi connectivity index (χ3v) is 3.95. The first-order valence-corrected chi connectivity index (χ1v) is 6.59. The van der Waals surface area contributed by atoms with Crippen molar-refractivity contribution >= 4 is 11.9 Å². The molecule has 1 fully saturated rings. The van der Waals surface area contributed by atoms with Gasteiger partial charge in [0.1, 0.15) is 0 Å². The molecular formula is C14H20N2O3. The van der Waals surface area contributed by atoms with Gasteiger partial charge in [-0.25, -0.2) is 0 Å². The van der Waals surface area contributed by atoms with Crippen molar-refractivity contribution in [1.29, 1.82) is 0 Å².